The van der Waals surface area contributed by atoms with Crippen molar-refractivity contribution in [3.63, 3.8) is 0 Å². The highest BCUT2D eigenvalue weighted by Gasteiger charge is 2.27. The molecule has 1 aromatic heterocycles. The summed E-state index contributed by atoms with van der Waals surface area (Å²) in [6, 6.07) is 12.1. The van der Waals surface area contributed by atoms with Gasteiger partial charge in [0, 0.05) is 30.1 Å². The number of aromatic hydroxyl groups is 1. The van der Waals surface area contributed by atoms with Gasteiger partial charge in [-0.3, -0.25) is 14.5 Å². The molecule has 3 heterocycles. The zero-order valence-electron chi connectivity index (χ0n) is 18.7. The minimum absolute atomic E-state index is 0.0778. The monoisotopic (exact) mass is 479 g/mol. The molecule has 0 aliphatic carbocycles. The first-order chi connectivity index (χ1) is 16.4. The van der Waals surface area contributed by atoms with Crippen molar-refractivity contribution in [2.75, 3.05) is 24.4 Å². The number of amidine groups is 1. The molecule has 176 valence electrons. The second-order valence-corrected chi connectivity index (χ2v) is 9.47. The Morgan fingerprint density at radius 3 is 3.03 bits per heavy atom. The van der Waals surface area contributed by atoms with Crippen LogP contribution in [-0.4, -0.2) is 50.6 Å². The number of hydrogen-bond acceptors (Lipinski definition) is 6. The first-order valence-corrected chi connectivity index (χ1v) is 12.2. The molecule has 5 rings (SSSR count). The summed E-state index contributed by atoms with van der Waals surface area (Å²) in [7, 11) is 0. The Morgan fingerprint density at radius 2 is 2.18 bits per heavy atom. The molecule has 1 amide bonds. The topological polar surface area (TPSA) is 130 Å². The summed E-state index contributed by atoms with van der Waals surface area (Å²) in [4.78, 5) is 19.8. The molecule has 4 N–H and O–H groups in total. The van der Waals surface area contributed by atoms with E-state index < -0.39 is 11.2 Å². The molecule has 2 atom stereocenters. The highest BCUT2D eigenvalue weighted by molar-refractivity contribution is 7.85. The van der Waals surface area contributed by atoms with E-state index in [-0.39, 0.29) is 23.4 Å². The van der Waals surface area contributed by atoms with Crippen molar-refractivity contribution >= 4 is 39.5 Å². The van der Waals surface area contributed by atoms with E-state index in [0.29, 0.717) is 53.2 Å². The molecule has 3 aromatic rings. The SMILES string of the molecule is Cc1cc(C(=O)N2CCCC(COc3cccc4c3C(N)=NS(=O)N4)C2)c2cc(O)ccc2n1. The normalized spacial score (nSPS) is 19.8. The van der Waals surface area contributed by atoms with Gasteiger partial charge in [0.15, 0.2) is 0 Å². The number of carbonyl (C=O) groups excluding carboxylic acids is 1. The van der Waals surface area contributed by atoms with Crippen LogP contribution in [0.1, 0.15) is 34.5 Å². The summed E-state index contributed by atoms with van der Waals surface area (Å²) >= 11 is -1.60. The summed E-state index contributed by atoms with van der Waals surface area (Å²) in [6.07, 6.45) is 1.80. The number of anilines is 1. The molecular weight excluding hydrogens is 454 g/mol. The lowest BCUT2D eigenvalue weighted by atomic mass is 9.97. The van der Waals surface area contributed by atoms with Crippen LogP contribution < -0.4 is 15.2 Å². The number of ether oxygens (including phenoxy) is 1. The Bertz CT molecular complexity index is 1340. The number of fused-ring (bicyclic) bond motifs is 2. The summed E-state index contributed by atoms with van der Waals surface area (Å²) in [5, 5.41) is 10.6. The number of hydrogen-bond donors (Lipinski definition) is 3. The summed E-state index contributed by atoms with van der Waals surface area (Å²) in [5.74, 6) is 0.902. The smallest absolute Gasteiger partial charge is 0.254 e. The maximum Gasteiger partial charge on any atom is 0.254 e. The summed E-state index contributed by atoms with van der Waals surface area (Å²) < 4.78 is 24.5. The second kappa shape index (κ2) is 8.94. The lowest BCUT2D eigenvalue weighted by Gasteiger charge is -2.33. The van der Waals surface area contributed by atoms with Gasteiger partial charge in [0.25, 0.3) is 5.91 Å². The average molecular weight is 480 g/mol. The lowest BCUT2D eigenvalue weighted by molar-refractivity contribution is 0.0635. The van der Waals surface area contributed by atoms with Crippen molar-refractivity contribution in [1.82, 2.24) is 9.88 Å². The minimum Gasteiger partial charge on any atom is -0.508 e. The molecule has 10 heteroatoms. The van der Waals surface area contributed by atoms with Crippen LogP contribution in [-0.2, 0) is 11.2 Å². The second-order valence-electron chi connectivity index (χ2n) is 8.59. The zero-order valence-corrected chi connectivity index (χ0v) is 19.5. The van der Waals surface area contributed by atoms with Gasteiger partial charge in [-0.25, -0.2) is 4.21 Å². The Balaban J connectivity index is 1.33. The van der Waals surface area contributed by atoms with Crippen LogP contribution in [0.2, 0.25) is 0 Å². The molecule has 1 saturated heterocycles. The standard InChI is InChI=1S/C24H25N5O4S/c1-14-10-18(17-11-16(30)7-8-19(17)26-14)24(31)29-9-3-4-15(12-29)13-33-21-6-2-5-20-22(21)23(25)28-34(32)27-20/h2,5-8,10-11,15,27,30H,3-4,9,12-13H2,1H3,(H2,25,28). The molecule has 0 spiro atoms. The fourth-order valence-electron chi connectivity index (χ4n) is 4.54. The van der Waals surface area contributed by atoms with Crippen molar-refractivity contribution in [3.05, 3.63) is 59.3 Å². The number of rotatable bonds is 4. The van der Waals surface area contributed by atoms with Crippen LogP contribution >= 0.6 is 0 Å². The van der Waals surface area contributed by atoms with E-state index in [1.165, 1.54) is 0 Å². The van der Waals surface area contributed by atoms with Crippen LogP contribution in [0.4, 0.5) is 5.69 Å². The van der Waals surface area contributed by atoms with Gasteiger partial charge < -0.3 is 20.5 Å². The molecule has 9 nitrogen and oxygen atoms in total. The highest BCUT2D eigenvalue weighted by atomic mass is 32.2. The van der Waals surface area contributed by atoms with Crippen LogP contribution in [0.3, 0.4) is 0 Å². The molecular formula is C24H25N5O4S. The summed E-state index contributed by atoms with van der Waals surface area (Å²) in [5.41, 5.74) is 9.19. The first-order valence-electron chi connectivity index (χ1n) is 11.1. The molecule has 0 radical (unpaired) electrons. The fourth-order valence-corrected chi connectivity index (χ4v) is 5.21. The molecule has 2 aliphatic heterocycles. The zero-order chi connectivity index (χ0) is 23.8. The van der Waals surface area contributed by atoms with E-state index in [1.54, 1.807) is 42.5 Å². The molecule has 2 aromatic carbocycles. The largest absolute Gasteiger partial charge is 0.508 e. The number of aryl methyl sites for hydroxylation is 1. The molecule has 0 saturated carbocycles. The van der Waals surface area contributed by atoms with Crippen LogP contribution in [0, 0.1) is 12.8 Å². The van der Waals surface area contributed by atoms with E-state index in [0.717, 1.165) is 18.5 Å². The van der Waals surface area contributed by atoms with Crippen LogP contribution in [0.5, 0.6) is 11.5 Å². The Kier molecular flexibility index (Phi) is 5.82. The predicted molar refractivity (Wildman–Crippen MR) is 131 cm³/mol. The van der Waals surface area contributed by atoms with Crippen molar-refractivity contribution in [1.29, 1.82) is 0 Å². The van der Waals surface area contributed by atoms with Gasteiger partial charge in [-0.05, 0) is 56.2 Å². The van der Waals surface area contributed by atoms with Gasteiger partial charge in [0.1, 0.15) is 17.3 Å². The highest BCUT2D eigenvalue weighted by Crippen LogP contribution is 2.31. The molecule has 1 fully saturated rings. The third kappa shape index (κ3) is 4.28. The Labute approximate surface area is 199 Å². The number of benzene rings is 2. The number of nitrogens with two attached hydrogens (primary N) is 1. The number of aromatic nitrogens is 1. The van der Waals surface area contributed by atoms with Crippen molar-refractivity contribution < 1.29 is 18.8 Å². The van der Waals surface area contributed by atoms with Gasteiger partial charge in [-0.15, -0.1) is 0 Å². The van der Waals surface area contributed by atoms with E-state index in [1.807, 2.05) is 11.8 Å². The number of carbonyl (C=O) groups is 1. The third-order valence-corrected chi connectivity index (χ3v) is 6.85. The fraction of sp³-hybridized carbons (Fsp3) is 0.292. The number of phenolic OH excluding ortho intramolecular Hbond substituents is 1. The average Bonchev–Trinajstić information content (AvgIpc) is 2.82. The van der Waals surface area contributed by atoms with Gasteiger partial charge >= 0.3 is 0 Å². The number of piperidine rings is 1. The number of pyridine rings is 1. The maximum atomic E-state index is 13.5. The van der Waals surface area contributed by atoms with Crippen LogP contribution in [0.25, 0.3) is 10.9 Å². The minimum atomic E-state index is -1.60. The number of amides is 1. The van der Waals surface area contributed by atoms with Gasteiger partial charge in [-0.1, -0.05) is 6.07 Å². The molecule has 34 heavy (non-hydrogen) atoms. The van der Waals surface area contributed by atoms with Gasteiger partial charge in [-0.2, -0.15) is 4.40 Å². The molecule has 0 bridgehead atoms. The van der Waals surface area contributed by atoms with Gasteiger partial charge in [0.05, 0.1) is 28.9 Å². The maximum absolute atomic E-state index is 13.5. The number of phenols is 1. The summed E-state index contributed by atoms with van der Waals surface area (Å²) in [6.45, 7) is 3.48. The Hall–Kier alpha value is -3.66. The third-order valence-electron chi connectivity index (χ3n) is 6.09. The number of nitrogens with one attached hydrogen (secondary N) is 1. The quantitative estimate of drug-likeness (QED) is 0.528. The van der Waals surface area contributed by atoms with Crippen molar-refractivity contribution in [2.45, 2.75) is 19.8 Å². The van der Waals surface area contributed by atoms with E-state index >= 15 is 0 Å². The van der Waals surface area contributed by atoms with E-state index in [4.69, 9.17) is 10.5 Å². The Morgan fingerprint density at radius 1 is 1.32 bits per heavy atom. The van der Waals surface area contributed by atoms with E-state index in [2.05, 4.69) is 14.1 Å². The van der Waals surface area contributed by atoms with Gasteiger partial charge in [0.2, 0.25) is 11.2 Å². The number of nitrogens with zero attached hydrogens (tertiary/aromatic N) is 3. The van der Waals surface area contributed by atoms with Crippen molar-refractivity contribution in [2.24, 2.45) is 16.0 Å². The van der Waals surface area contributed by atoms with Crippen LogP contribution in [0.15, 0.2) is 46.9 Å². The van der Waals surface area contributed by atoms with E-state index in [9.17, 15) is 14.1 Å². The van der Waals surface area contributed by atoms with Crippen molar-refractivity contribution in [3.8, 4) is 11.5 Å². The molecule has 2 unspecified atom stereocenters. The molecule has 2 aliphatic rings. The number of likely N-dealkylation sites (tertiary alicyclic amines) is 1. The first kappa shape index (κ1) is 22.1. The lowest BCUT2D eigenvalue weighted by Crippen LogP contribution is -2.41. The predicted octanol–water partition coefficient (Wildman–Crippen LogP) is 2.89.